The number of alkyl halides is 1. The monoisotopic (exact) mass is 328 g/mol. The van der Waals surface area contributed by atoms with E-state index in [0.29, 0.717) is 0 Å². The van der Waals surface area contributed by atoms with Crippen LogP contribution < -0.4 is 5.73 Å². The lowest BCUT2D eigenvalue weighted by Crippen LogP contribution is -2.48. The highest BCUT2D eigenvalue weighted by Crippen LogP contribution is 2.42. The second kappa shape index (κ2) is 5.44. The van der Waals surface area contributed by atoms with Gasteiger partial charge in [-0.3, -0.25) is 4.99 Å². The number of rotatable bonds is 4. The molecule has 0 aliphatic carbocycles. The SMILES string of the molecule is C=NC[C@]1(CO)O[C@@H](c2cnc3c(N)nc(F)nn23)[C@H](F)[C@@H]1O. The van der Waals surface area contributed by atoms with E-state index in [-0.39, 0.29) is 23.7 Å². The van der Waals surface area contributed by atoms with E-state index in [1.165, 1.54) is 6.20 Å². The maximum absolute atomic E-state index is 14.5. The molecule has 9 nitrogen and oxygen atoms in total. The van der Waals surface area contributed by atoms with E-state index in [1.807, 2.05) is 0 Å². The topological polar surface area (TPSA) is 131 Å². The van der Waals surface area contributed by atoms with E-state index in [4.69, 9.17) is 10.5 Å². The first kappa shape index (κ1) is 15.6. The molecule has 0 amide bonds. The van der Waals surface area contributed by atoms with Gasteiger partial charge >= 0.3 is 6.08 Å². The van der Waals surface area contributed by atoms with Crippen LogP contribution in [-0.4, -0.2) is 67.5 Å². The fourth-order valence-electron chi connectivity index (χ4n) is 2.65. The third kappa shape index (κ3) is 2.24. The number of hydrogen-bond acceptors (Lipinski definition) is 8. The number of imidazole rings is 1. The second-order valence-electron chi connectivity index (χ2n) is 5.22. The summed E-state index contributed by atoms with van der Waals surface area (Å²) in [4.78, 5) is 10.8. The van der Waals surface area contributed by atoms with Crippen LogP contribution >= 0.6 is 0 Å². The number of halogens is 2. The average Bonchev–Trinajstić information content (AvgIpc) is 3.03. The average molecular weight is 328 g/mol. The molecule has 23 heavy (non-hydrogen) atoms. The van der Waals surface area contributed by atoms with E-state index in [1.54, 1.807) is 0 Å². The summed E-state index contributed by atoms with van der Waals surface area (Å²) in [6, 6.07) is 0. The molecule has 2 aromatic rings. The van der Waals surface area contributed by atoms with Crippen LogP contribution in [0.4, 0.5) is 14.6 Å². The molecule has 1 saturated heterocycles. The smallest absolute Gasteiger partial charge is 0.328 e. The van der Waals surface area contributed by atoms with Gasteiger partial charge in [-0.05, 0) is 6.72 Å². The molecule has 3 heterocycles. The minimum atomic E-state index is -1.91. The van der Waals surface area contributed by atoms with Gasteiger partial charge in [0.15, 0.2) is 17.6 Å². The number of fused-ring (bicyclic) bond motifs is 1. The molecule has 2 aromatic heterocycles. The second-order valence-corrected chi connectivity index (χ2v) is 5.22. The lowest BCUT2D eigenvalue weighted by Gasteiger charge is -2.27. The highest BCUT2D eigenvalue weighted by molar-refractivity contribution is 5.59. The summed E-state index contributed by atoms with van der Waals surface area (Å²) in [5, 5.41) is 23.1. The molecule has 3 rings (SSSR count). The Morgan fingerprint density at radius 3 is 2.96 bits per heavy atom. The number of aliphatic hydroxyl groups is 2. The number of aliphatic hydroxyl groups excluding tert-OH is 2. The molecule has 4 atom stereocenters. The Balaban J connectivity index is 2.07. The molecule has 4 N–H and O–H groups in total. The van der Waals surface area contributed by atoms with Gasteiger partial charge in [-0.2, -0.15) is 9.37 Å². The van der Waals surface area contributed by atoms with Crippen molar-refractivity contribution in [3.8, 4) is 0 Å². The Morgan fingerprint density at radius 2 is 2.30 bits per heavy atom. The van der Waals surface area contributed by atoms with Gasteiger partial charge in [-0.1, -0.05) is 0 Å². The number of hydrogen-bond donors (Lipinski definition) is 3. The van der Waals surface area contributed by atoms with Crippen LogP contribution in [0.3, 0.4) is 0 Å². The summed E-state index contributed by atoms with van der Waals surface area (Å²) >= 11 is 0. The molecule has 1 aliphatic rings. The van der Waals surface area contributed by atoms with Gasteiger partial charge in [0, 0.05) is 0 Å². The predicted molar refractivity (Wildman–Crippen MR) is 74.1 cm³/mol. The highest BCUT2D eigenvalue weighted by atomic mass is 19.1. The van der Waals surface area contributed by atoms with Gasteiger partial charge in [0.2, 0.25) is 0 Å². The summed E-state index contributed by atoms with van der Waals surface area (Å²) < 4.78 is 34.3. The molecule has 124 valence electrons. The normalized spacial score (nSPS) is 30.9. The maximum atomic E-state index is 14.5. The predicted octanol–water partition coefficient (Wildman–Crippen LogP) is -0.952. The van der Waals surface area contributed by atoms with Crippen LogP contribution in [0.15, 0.2) is 11.2 Å². The number of ether oxygens (including phenoxy) is 1. The van der Waals surface area contributed by atoms with Gasteiger partial charge in [0.05, 0.1) is 25.0 Å². The van der Waals surface area contributed by atoms with Crippen molar-refractivity contribution in [2.24, 2.45) is 4.99 Å². The zero-order chi connectivity index (χ0) is 16.8. The first-order chi connectivity index (χ1) is 10.9. The summed E-state index contributed by atoms with van der Waals surface area (Å²) in [5.41, 5.74) is 3.94. The van der Waals surface area contributed by atoms with E-state index < -0.39 is 36.7 Å². The van der Waals surface area contributed by atoms with Crippen molar-refractivity contribution in [2.45, 2.75) is 24.0 Å². The summed E-state index contributed by atoms with van der Waals surface area (Å²) in [5.74, 6) is -0.223. The molecular weight excluding hydrogens is 314 g/mol. The molecule has 0 radical (unpaired) electrons. The third-order valence-electron chi connectivity index (χ3n) is 3.82. The number of aliphatic imine (C=N–C) groups is 1. The number of nitrogens with zero attached hydrogens (tertiary/aromatic N) is 5. The van der Waals surface area contributed by atoms with Crippen LogP contribution in [0.1, 0.15) is 11.8 Å². The van der Waals surface area contributed by atoms with Crippen LogP contribution in [0.25, 0.3) is 5.65 Å². The van der Waals surface area contributed by atoms with Crippen LogP contribution in [-0.2, 0) is 4.74 Å². The van der Waals surface area contributed by atoms with Crippen molar-refractivity contribution in [1.82, 2.24) is 19.6 Å². The largest absolute Gasteiger partial charge is 0.393 e. The van der Waals surface area contributed by atoms with Crippen LogP contribution in [0, 0.1) is 6.08 Å². The quantitative estimate of drug-likeness (QED) is 0.616. The fourth-order valence-corrected chi connectivity index (χ4v) is 2.65. The Hall–Kier alpha value is -2.24. The van der Waals surface area contributed by atoms with E-state index in [2.05, 4.69) is 26.8 Å². The summed E-state index contributed by atoms with van der Waals surface area (Å²) in [6.45, 7) is 2.37. The first-order valence-corrected chi connectivity index (χ1v) is 6.63. The number of nitrogen functional groups attached to an aromatic ring is 1. The molecule has 11 heteroatoms. The first-order valence-electron chi connectivity index (χ1n) is 6.63. The molecule has 0 aromatic carbocycles. The third-order valence-corrected chi connectivity index (χ3v) is 3.82. The Morgan fingerprint density at radius 1 is 1.57 bits per heavy atom. The van der Waals surface area contributed by atoms with Crippen molar-refractivity contribution in [3.63, 3.8) is 0 Å². The minimum Gasteiger partial charge on any atom is -0.393 e. The lowest BCUT2D eigenvalue weighted by atomic mass is 9.95. The van der Waals surface area contributed by atoms with Crippen molar-refractivity contribution in [3.05, 3.63) is 18.0 Å². The molecule has 0 bridgehead atoms. The van der Waals surface area contributed by atoms with Gasteiger partial charge in [0.25, 0.3) is 0 Å². The molecule has 1 fully saturated rings. The number of anilines is 1. The van der Waals surface area contributed by atoms with Gasteiger partial charge in [-0.15, -0.1) is 5.10 Å². The Kier molecular flexibility index (Phi) is 3.70. The summed E-state index contributed by atoms with van der Waals surface area (Å²) in [7, 11) is 0. The Bertz CT molecular complexity index is 756. The lowest BCUT2D eigenvalue weighted by molar-refractivity contribution is -0.106. The molecule has 0 unspecified atom stereocenters. The van der Waals surface area contributed by atoms with Crippen molar-refractivity contribution < 1.29 is 23.7 Å². The zero-order valence-electron chi connectivity index (χ0n) is 11.8. The van der Waals surface area contributed by atoms with Gasteiger partial charge < -0.3 is 20.7 Å². The zero-order valence-corrected chi connectivity index (χ0v) is 11.8. The number of nitrogens with two attached hydrogens (primary N) is 1. The van der Waals surface area contributed by atoms with Crippen LogP contribution in [0.2, 0.25) is 0 Å². The van der Waals surface area contributed by atoms with Crippen molar-refractivity contribution in [2.75, 3.05) is 18.9 Å². The Labute approximate surface area is 128 Å². The summed E-state index contributed by atoms with van der Waals surface area (Å²) in [6.07, 6.45) is -4.84. The van der Waals surface area contributed by atoms with Crippen molar-refractivity contribution >= 4 is 18.2 Å². The van der Waals surface area contributed by atoms with Gasteiger partial charge in [-0.25, -0.2) is 13.9 Å². The molecule has 1 aliphatic heterocycles. The number of aromatic nitrogens is 4. The maximum Gasteiger partial charge on any atom is 0.328 e. The minimum absolute atomic E-state index is 0.0232. The van der Waals surface area contributed by atoms with Crippen LogP contribution in [0.5, 0.6) is 0 Å². The molecular formula is C12H14F2N6O3. The van der Waals surface area contributed by atoms with E-state index >= 15 is 0 Å². The standard InChI is InChI=1S/C12H14F2N6O3/c1-16-3-12(4-21)8(22)6(13)7(23-12)5-2-17-10-9(15)18-11(14)19-20(5)10/h2,6-8,21-22H,1,3-4H2,(H2,15,18,19)/t6-,7-,8-,12+/m0/s1. The molecule has 0 spiro atoms. The highest BCUT2D eigenvalue weighted by Gasteiger charge is 2.56. The van der Waals surface area contributed by atoms with E-state index in [9.17, 15) is 19.0 Å². The fraction of sp³-hybridized carbons (Fsp3) is 0.500. The van der Waals surface area contributed by atoms with Gasteiger partial charge in [0.1, 0.15) is 17.8 Å². The molecule has 0 saturated carbocycles. The van der Waals surface area contributed by atoms with Crippen molar-refractivity contribution in [1.29, 1.82) is 0 Å². The van der Waals surface area contributed by atoms with E-state index in [0.717, 1.165) is 4.52 Å².